The zero-order valence-corrected chi connectivity index (χ0v) is 19.5. The third-order valence-corrected chi connectivity index (χ3v) is 8.68. The van der Waals surface area contributed by atoms with Crippen LogP contribution in [0.1, 0.15) is 90.2 Å². The van der Waals surface area contributed by atoms with E-state index < -0.39 is 0 Å². The van der Waals surface area contributed by atoms with Crippen molar-refractivity contribution in [3.63, 3.8) is 0 Å². The highest BCUT2D eigenvalue weighted by molar-refractivity contribution is 5.34. The van der Waals surface area contributed by atoms with Crippen LogP contribution in [0.25, 0.3) is 0 Å². The van der Waals surface area contributed by atoms with Crippen molar-refractivity contribution in [2.75, 3.05) is 0 Å². The van der Waals surface area contributed by atoms with Crippen molar-refractivity contribution in [3.05, 3.63) is 29.3 Å². The van der Waals surface area contributed by atoms with Crippen LogP contribution in [-0.2, 0) is 6.42 Å². The Morgan fingerprint density at radius 2 is 1.86 bits per heavy atom. The number of rotatable bonds is 8. The van der Waals surface area contributed by atoms with E-state index in [0.717, 1.165) is 37.0 Å². The first-order valence-corrected chi connectivity index (χ1v) is 12.2. The van der Waals surface area contributed by atoms with Gasteiger partial charge < -0.3 is 10.2 Å². The van der Waals surface area contributed by atoms with E-state index in [1.165, 1.54) is 49.7 Å². The summed E-state index contributed by atoms with van der Waals surface area (Å²) < 4.78 is 0. The van der Waals surface area contributed by atoms with Crippen molar-refractivity contribution in [2.45, 2.75) is 98.5 Å². The average Bonchev–Trinajstić information content (AvgIpc) is 3.01. The number of fused-ring (bicyclic) bond motifs is 1. The SMILES string of the molecule is Cc1ccc(O)cc1CC[C@H]1C2CC[C@H]([C@H](C)CCCC(C)C)[C@@]2(C)CC[C@H]1O. The van der Waals surface area contributed by atoms with Crippen molar-refractivity contribution in [2.24, 2.45) is 35.0 Å². The second-order valence-electron chi connectivity index (χ2n) is 11.0. The van der Waals surface area contributed by atoms with E-state index in [1.54, 1.807) is 6.07 Å². The van der Waals surface area contributed by atoms with Gasteiger partial charge in [0.25, 0.3) is 0 Å². The molecule has 1 aromatic carbocycles. The first-order chi connectivity index (χ1) is 13.7. The molecule has 0 saturated heterocycles. The molecule has 0 bridgehead atoms. The van der Waals surface area contributed by atoms with Crippen molar-refractivity contribution in [1.82, 2.24) is 0 Å². The van der Waals surface area contributed by atoms with E-state index in [-0.39, 0.29) is 6.10 Å². The predicted octanol–water partition coefficient (Wildman–Crippen LogP) is 6.90. The molecule has 2 nitrogen and oxygen atoms in total. The summed E-state index contributed by atoms with van der Waals surface area (Å²) in [5.41, 5.74) is 2.88. The Kier molecular flexibility index (Phi) is 7.36. The molecule has 0 aromatic heterocycles. The lowest BCUT2D eigenvalue weighted by atomic mass is 9.57. The Morgan fingerprint density at radius 1 is 1.10 bits per heavy atom. The maximum atomic E-state index is 10.9. The largest absolute Gasteiger partial charge is 0.508 e. The molecule has 0 aliphatic heterocycles. The van der Waals surface area contributed by atoms with Gasteiger partial charge in [0, 0.05) is 0 Å². The van der Waals surface area contributed by atoms with Crippen LogP contribution in [0.5, 0.6) is 5.75 Å². The van der Waals surface area contributed by atoms with Crippen LogP contribution >= 0.6 is 0 Å². The quantitative estimate of drug-likeness (QED) is 0.498. The molecule has 0 amide bonds. The monoisotopic (exact) mass is 400 g/mol. The topological polar surface area (TPSA) is 40.5 Å². The van der Waals surface area contributed by atoms with Crippen LogP contribution in [0.15, 0.2) is 18.2 Å². The van der Waals surface area contributed by atoms with Crippen molar-refractivity contribution < 1.29 is 10.2 Å². The maximum absolute atomic E-state index is 10.9. The summed E-state index contributed by atoms with van der Waals surface area (Å²) in [6.07, 6.45) is 10.7. The molecule has 2 aliphatic carbocycles. The second kappa shape index (κ2) is 9.41. The molecule has 0 spiro atoms. The lowest BCUT2D eigenvalue weighted by Crippen LogP contribution is -2.45. The fourth-order valence-electron chi connectivity index (χ4n) is 6.94. The summed E-state index contributed by atoms with van der Waals surface area (Å²) in [6, 6.07) is 5.70. The number of hydrogen-bond acceptors (Lipinski definition) is 2. The third kappa shape index (κ3) is 5.01. The highest BCUT2D eigenvalue weighted by Crippen LogP contribution is 2.60. The number of aliphatic hydroxyl groups is 1. The lowest BCUT2D eigenvalue weighted by molar-refractivity contribution is -0.0529. The van der Waals surface area contributed by atoms with E-state index in [2.05, 4.69) is 34.6 Å². The first kappa shape index (κ1) is 22.7. The fraction of sp³-hybridized carbons (Fsp3) is 0.778. The second-order valence-corrected chi connectivity index (χ2v) is 11.0. The molecule has 6 atom stereocenters. The molecule has 2 heteroatoms. The van der Waals surface area contributed by atoms with Gasteiger partial charge in [0.2, 0.25) is 0 Å². The first-order valence-electron chi connectivity index (χ1n) is 12.2. The van der Waals surface area contributed by atoms with Crippen molar-refractivity contribution in [3.8, 4) is 5.75 Å². The summed E-state index contributed by atoms with van der Waals surface area (Å²) >= 11 is 0. The molecule has 29 heavy (non-hydrogen) atoms. The Labute approximate surface area is 179 Å². The molecule has 2 aliphatic rings. The third-order valence-electron chi connectivity index (χ3n) is 8.68. The van der Waals surface area contributed by atoms with Gasteiger partial charge in [-0.2, -0.15) is 0 Å². The molecule has 2 saturated carbocycles. The van der Waals surface area contributed by atoms with Crippen LogP contribution < -0.4 is 0 Å². The number of phenols is 1. The van der Waals surface area contributed by atoms with Gasteiger partial charge in [-0.3, -0.25) is 0 Å². The summed E-state index contributed by atoms with van der Waals surface area (Å²) in [4.78, 5) is 0. The number of phenolic OH excluding ortho intramolecular Hbond substituents is 1. The smallest absolute Gasteiger partial charge is 0.115 e. The highest BCUT2D eigenvalue weighted by atomic mass is 16.3. The van der Waals surface area contributed by atoms with Crippen molar-refractivity contribution in [1.29, 1.82) is 0 Å². The van der Waals surface area contributed by atoms with Gasteiger partial charge in [0.05, 0.1) is 6.10 Å². The zero-order chi connectivity index (χ0) is 21.2. The molecular formula is C27H44O2. The Balaban J connectivity index is 1.67. The molecule has 1 unspecified atom stereocenters. The molecule has 2 fully saturated rings. The van der Waals surface area contributed by atoms with E-state index in [9.17, 15) is 10.2 Å². The number of hydrogen-bond donors (Lipinski definition) is 2. The Bertz CT molecular complexity index is 667. The summed E-state index contributed by atoms with van der Waals surface area (Å²) in [5.74, 6) is 3.84. The van der Waals surface area contributed by atoms with Crippen LogP contribution in [-0.4, -0.2) is 16.3 Å². The van der Waals surface area contributed by atoms with E-state index in [1.807, 2.05) is 12.1 Å². The van der Waals surface area contributed by atoms with Crippen LogP contribution in [0.2, 0.25) is 0 Å². The molecule has 164 valence electrons. The van der Waals surface area contributed by atoms with E-state index in [4.69, 9.17) is 0 Å². The summed E-state index contributed by atoms with van der Waals surface area (Å²) in [7, 11) is 0. The minimum atomic E-state index is -0.152. The molecule has 0 radical (unpaired) electrons. The van der Waals surface area contributed by atoms with Crippen molar-refractivity contribution >= 4 is 0 Å². The van der Waals surface area contributed by atoms with Gasteiger partial charge in [-0.1, -0.05) is 53.0 Å². The van der Waals surface area contributed by atoms with Crippen LogP contribution in [0, 0.1) is 41.9 Å². The van der Waals surface area contributed by atoms with Crippen LogP contribution in [0.4, 0.5) is 0 Å². The number of aromatic hydroxyl groups is 1. The number of benzene rings is 1. The normalized spacial score (nSPS) is 33.1. The number of aryl methyl sites for hydroxylation is 2. The molecule has 0 heterocycles. The maximum Gasteiger partial charge on any atom is 0.115 e. The molecule has 1 aromatic rings. The van der Waals surface area contributed by atoms with Gasteiger partial charge in [-0.25, -0.2) is 0 Å². The van der Waals surface area contributed by atoms with Gasteiger partial charge in [0.1, 0.15) is 5.75 Å². The predicted molar refractivity (Wildman–Crippen MR) is 122 cm³/mol. The molecule has 2 N–H and O–H groups in total. The van der Waals surface area contributed by atoms with Crippen LogP contribution in [0.3, 0.4) is 0 Å². The van der Waals surface area contributed by atoms with Gasteiger partial charge in [-0.05, 0) is 104 Å². The minimum absolute atomic E-state index is 0.152. The highest BCUT2D eigenvalue weighted by Gasteiger charge is 2.54. The minimum Gasteiger partial charge on any atom is -0.508 e. The average molecular weight is 401 g/mol. The molecular weight excluding hydrogens is 356 g/mol. The van der Waals surface area contributed by atoms with Gasteiger partial charge >= 0.3 is 0 Å². The Hall–Kier alpha value is -1.02. The summed E-state index contributed by atoms with van der Waals surface area (Å²) in [6.45, 7) is 11.8. The van der Waals surface area contributed by atoms with E-state index >= 15 is 0 Å². The van der Waals surface area contributed by atoms with Gasteiger partial charge in [-0.15, -0.1) is 0 Å². The molecule has 3 rings (SSSR count). The standard InChI is InChI=1S/C27H44O2/c1-18(2)7-6-8-20(4)24-13-14-25-23(26(29)15-16-27(24,25)5)12-10-21-17-22(28)11-9-19(21)3/h9,11,17-18,20,23-26,28-29H,6-8,10,12-16H2,1-5H3/t20-,23+,24-,25?,26-,27-/m1/s1. The Morgan fingerprint density at radius 3 is 2.59 bits per heavy atom. The number of aliphatic hydroxyl groups excluding tert-OH is 1. The zero-order valence-electron chi connectivity index (χ0n) is 19.5. The lowest BCUT2D eigenvalue weighted by Gasteiger charge is -2.49. The van der Waals surface area contributed by atoms with Gasteiger partial charge in [0.15, 0.2) is 0 Å². The van der Waals surface area contributed by atoms with E-state index in [0.29, 0.717) is 23.0 Å². The summed E-state index contributed by atoms with van der Waals surface area (Å²) in [5, 5.41) is 20.8. The fourth-order valence-corrected chi connectivity index (χ4v) is 6.94.